The average Bonchev–Trinajstić information content (AvgIpc) is 2.40. The molecule has 20 heavy (non-hydrogen) atoms. The van der Waals surface area contributed by atoms with Gasteiger partial charge < -0.3 is 14.7 Å². The van der Waals surface area contributed by atoms with Crippen molar-refractivity contribution in [1.29, 1.82) is 0 Å². The molecule has 0 aromatic heterocycles. The predicted molar refractivity (Wildman–Crippen MR) is 80.1 cm³/mol. The van der Waals surface area contributed by atoms with Crippen LogP contribution in [0.1, 0.15) is 43.2 Å². The Balaban J connectivity index is 1.97. The lowest BCUT2D eigenvalue weighted by molar-refractivity contribution is -0.0883. The molecular weight excluding hydrogens is 250 g/mol. The van der Waals surface area contributed by atoms with Crippen molar-refractivity contribution in [2.24, 2.45) is 0 Å². The number of rotatable bonds is 2. The molecule has 2 saturated heterocycles. The lowest BCUT2D eigenvalue weighted by Gasteiger charge is -2.51. The molecule has 3 rings (SSSR count). The Morgan fingerprint density at radius 1 is 1.25 bits per heavy atom. The van der Waals surface area contributed by atoms with Crippen LogP contribution in [0.3, 0.4) is 0 Å². The molecule has 1 aromatic rings. The van der Waals surface area contributed by atoms with Gasteiger partial charge in [-0.3, -0.25) is 0 Å². The summed E-state index contributed by atoms with van der Waals surface area (Å²) in [5.41, 5.74) is 1.40. The maximum absolute atomic E-state index is 11.3. The van der Waals surface area contributed by atoms with Gasteiger partial charge in [-0.05, 0) is 51.3 Å². The largest absolute Gasteiger partial charge is 0.496 e. The summed E-state index contributed by atoms with van der Waals surface area (Å²) in [6, 6.07) is 7.15. The zero-order valence-corrected chi connectivity index (χ0v) is 12.7. The Morgan fingerprint density at radius 3 is 2.50 bits per heavy atom. The minimum absolute atomic E-state index is 0.499. The first-order valence-electron chi connectivity index (χ1n) is 7.63. The Kier molecular flexibility index (Phi) is 3.51. The Labute approximate surface area is 121 Å². The molecule has 2 aliphatic heterocycles. The highest BCUT2D eigenvalue weighted by Gasteiger charge is 2.45. The second kappa shape index (κ2) is 5.05. The van der Waals surface area contributed by atoms with E-state index in [1.807, 2.05) is 6.07 Å². The molecule has 0 amide bonds. The quantitative estimate of drug-likeness (QED) is 0.901. The fraction of sp³-hybridized carbons (Fsp3) is 0.647. The number of piperidine rings is 2. The second-order valence-corrected chi connectivity index (χ2v) is 6.55. The van der Waals surface area contributed by atoms with Crippen LogP contribution >= 0.6 is 0 Å². The van der Waals surface area contributed by atoms with Crippen molar-refractivity contribution >= 4 is 0 Å². The van der Waals surface area contributed by atoms with Crippen LogP contribution < -0.4 is 4.74 Å². The van der Waals surface area contributed by atoms with Crippen molar-refractivity contribution in [2.75, 3.05) is 14.2 Å². The summed E-state index contributed by atoms with van der Waals surface area (Å²) in [6.07, 6.45) is 5.33. The lowest BCUT2D eigenvalue weighted by Crippen LogP contribution is -2.55. The molecule has 2 bridgehead atoms. The van der Waals surface area contributed by atoms with Crippen molar-refractivity contribution in [3.05, 3.63) is 29.3 Å². The molecular formula is C17H25NO2. The summed E-state index contributed by atoms with van der Waals surface area (Å²) in [7, 11) is 3.90. The molecule has 0 radical (unpaired) electrons. The van der Waals surface area contributed by atoms with E-state index in [1.165, 1.54) is 24.8 Å². The molecule has 0 saturated carbocycles. The van der Waals surface area contributed by atoms with E-state index >= 15 is 0 Å². The molecule has 2 aliphatic rings. The number of methoxy groups -OCH3 is 1. The third kappa shape index (κ3) is 2.23. The van der Waals surface area contributed by atoms with E-state index in [1.54, 1.807) is 7.11 Å². The van der Waals surface area contributed by atoms with Crippen LogP contribution in [-0.4, -0.2) is 36.2 Å². The van der Waals surface area contributed by atoms with E-state index in [-0.39, 0.29) is 0 Å². The van der Waals surface area contributed by atoms with E-state index in [9.17, 15) is 5.11 Å². The van der Waals surface area contributed by atoms with Gasteiger partial charge in [0, 0.05) is 17.6 Å². The van der Waals surface area contributed by atoms with Gasteiger partial charge in [-0.2, -0.15) is 0 Å². The summed E-state index contributed by atoms with van der Waals surface area (Å²) in [4.78, 5) is 2.47. The van der Waals surface area contributed by atoms with E-state index in [4.69, 9.17) is 4.74 Å². The highest BCUT2D eigenvalue weighted by Crippen LogP contribution is 2.46. The first-order chi connectivity index (χ1) is 9.53. The fourth-order valence-corrected chi connectivity index (χ4v) is 4.05. The number of aliphatic hydroxyl groups is 1. The van der Waals surface area contributed by atoms with Crippen LogP contribution in [0.25, 0.3) is 0 Å². The number of hydrogen-bond donors (Lipinski definition) is 1. The maximum Gasteiger partial charge on any atom is 0.125 e. The zero-order valence-electron chi connectivity index (χ0n) is 12.7. The van der Waals surface area contributed by atoms with Crippen LogP contribution in [0.4, 0.5) is 0 Å². The predicted octanol–water partition coefficient (Wildman–Crippen LogP) is 2.84. The van der Waals surface area contributed by atoms with E-state index in [0.29, 0.717) is 12.1 Å². The average molecular weight is 275 g/mol. The molecule has 2 atom stereocenters. The van der Waals surface area contributed by atoms with Crippen molar-refractivity contribution in [3.63, 3.8) is 0 Å². The minimum Gasteiger partial charge on any atom is -0.496 e. The molecule has 1 N–H and O–H groups in total. The number of hydrogen-bond acceptors (Lipinski definition) is 3. The fourth-order valence-electron chi connectivity index (χ4n) is 4.05. The zero-order chi connectivity index (χ0) is 14.3. The standard InChI is InChI=1S/C17H25NO2/c1-12-7-8-15(16(9-12)20-3)17(19)10-13-5-4-6-14(11-17)18(13)2/h7-9,13-14,19H,4-6,10-11H2,1-3H3. The van der Waals surface area contributed by atoms with Crippen molar-refractivity contribution in [3.8, 4) is 5.75 Å². The highest BCUT2D eigenvalue weighted by molar-refractivity contribution is 5.41. The van der Waals surface area contributed by atoms with Gasteiger partial charge in [-0.15, -0.1) is 0 Å². The molecule has 2 fully saturated rings. The van der Waals surface area contributed by atoms with Gasteiger partial charge in [0.1, 0.15) is 5.75 Å². The van der Waals surface area contributed by atoms with Gasteiger partial charge in [-0.25, -0.2) is 0 Å². The molecule has 3 heteroatoms. The highest BCUT2D eigenvalue weighted by atomic mass is 16.5. The van der Waals surface area contributed by atoms with E-state index < -0.39 is 5.60 Å². The Bertz CT molecular complexity index is 486. The summed E-state index contributed by atoms with van der Waals surface area (Å²) >= 11 is 0. The molecule has 1 aromatic carbocycles. The molecule has 0 aliphatic carbocycles. The second-order valence-electron chi connectivity index (χ2n) is 6.55. The van der Waals surface area contributed by atoms with E-state index in [0.717, 1.165) is 24.2 Å². The first-order valence-corrected chi connectivity index (χ1v) is 7.63. The molecule has 110 valence electrons. The van der Waals surface area contributed by atoms with Gasteiger partial charge in [0.25, 0.3) is 0 Å². The third-order valence-electron chi connectivity index (χ3n) is 5.23. The van der Waals surface area contributed by atoms with Crippen LogP contribution in [-0.2, 0) is 5.60 Å². The molecule has 3 nitrogen and oxygen atoms in total. The van der Waals surface area contributed by atoms with Gasteiger partial charge in [0.2, 0.25) is 0 Å². The first kappa shape index (κ1) is 13.9. The number of ether oxygens (including phenoxy) is 1. The monoisotopic (exact) mass is 275 g/mol. The third-order valence-corrected chi connectivity index (χ3v) is 5.23. The topological polar surface area (TPSA) is 32.7 Å². The number of aryl methyl sites for hydroxylation is 1. The Morgan fingerprint density at radius 2 is 1.90 bits per heavy atom. The molecule has 2 heterocycles. The van der Waals surface area contributed by atoms with Crippen molar-refractivity contribution in [2.45, 2.75) is 56.7 Å². The van der Waals surface area contributed by atoms with Crippen molar-refractivity contribution in [1.82, 2.24) is 4.90 Å². The SMILES string of the molecule is COc1cc(C)ccc1C1(O)CC2CCCC(C1)N2C. The number of fused-ring (bicyclic) bond motifs is 2. The summed E-state index contributed by atoms with van der Waals surface area (Å²) in [5.74, 6) is 0.829. The van der Waals surface area contributed by atoms with Gasteiger partial charge in [0.15, 0.2) is 0 Å². The van der Waals surface area contributed by atoms with Gasteiger partial charge in [-0.1, -0.05) is 18.6 Å². The normalized spacial score (nSPS) is 34.0. The number of benzene rings is 1. The molecule has 0 spiro atoms. The van der Waals surface area contributed by atoms with Crippen molar-refractivity contribution < 1.29 is 9.84 Å². The van der Waals surface area contributed by atoms with Crippen LogP contribution in [0.15, 0.2) is 18.2 Å². The van der Waals surface area contributed by atoms with Gasteiger partial charge in [0.05, 0.1) is 12.7 Å². The van der Waals surface area contributed by atoms with Crippen LogP contribution in [0.2, 0.25) is 0 Å². The summed E-state index contributed by atoms with van der Waals surface area (Å²) < 4.78 is 5.52. The molecule has 2 unspecified atom stereocenters. The summed E-state index contributed by atoms with van der Waals surface area (Å²) in [6.45, 7) is 2.06. The van der Waals surface area contributed by atoms with Crippen LogP contribution in [0, 0.1) is 6.92 Å². The van der Waals surface area contributed by atoms with E-state index in [2.05, 4.69) is 31.0 Å². The smallest absolute Gasteiger partial charge is 0.125 e. The number of nitrogens with zero attached hydrogens (tertiary/aromatic N) is 1. The summed E-state index contributed by atoms with van der Waals surface area (Å²) in [5, 5.41) is 11.3. The Hall–Kier alpha value is -1.06. The van der Waals surface area contributed by atoms with Crippen LogP contribution in [0.5, 0.6) is 5.75 Å². The minimum atomic E-state index is -0.735. The lowest BCUT2D eigenvalue weighted by atomic mass is 9.72. The van der Waals surface area contributed by atoms with Gasteiger partial charge >= 0.3 is 0 Å². The maximum atomic E-state index is 11.3.